The molecule has 0 aliphatic carbocycles. The fraction of sp³-hybridized carbons (Fsp3) is 0.630. The molecule has 7 N–H and O–H groups in total. The highest BCUT2D eigenvalue weighted by molar-refractivity contribution is 7.53. The van der Waals surface area contributed by atoms with Crippen LogP contribution in [0.3, 0.4) is 0 Å². The zero-order valence-electron chi connectivity index (χ0n) is 50.4. The van der Waals surface area contributed by atoms with Gasteiger partial charge in [-0.2, -0.15) is 0 Å². The maximum absolute atomic E-state index is 13.3. The molecule has 0 bridgehead atoms. The van der Waals surface area contributed by atoms with Crippen LogP contribution < -0.4 is 14.3 Å². The molecule has 0 amide bonds. The molecule has 6 rings (SSSR count). The molecule has 3 aromatic carbocycles. The summed E-state index contributed by atoms with van der Waals surface area (Å²) < 4.78 is 129. The lowest BCUT2D eigenvalue weighted by Crippen LogP contribution is -2.61. The molecular weight excluding hydrogens is 1270 g/mol. The van der Waals surface area contributed by atoms with Crippen LogP contribution in [0.15, 0.2) is 91.0 Å². The topological polar surface area (TPSA) is 427 Å². The summed E-state index contributed by atoms with van der Waals surface area (Å²) in [5, 5.41) is 48.4. The fourth-order valence-corrected chi connectivity index (χ4v) is 13.2. The minimum Gasteiger partial charge on any atom is -0.756 e. The molecule has 88 heavy (non-hydrogen) atoms. The molecule has 0 radical (unpaired) electrons. The molecule has 34 heteroatoms. The lowest BCUT2D eigenvalue weighted by molar-refractivity contribution is -0.311. The summed E-state index contributed by atoms with van der Waals surface area (Å²) >= 11 is 0. The van der Waals surface area contributed by atoms with Gasteiger partial charge in [-0.3, -0.25) is 36.9 Å². The van der Waals surface area contributed by atoms with Crippen molar-refractivity contribution < 1.29 is 137 Å². The van der Waals surface area contributed by atoms with E-state index in [4.69, 9.17) is 55.9 Å². The minimum atomic E-state index is -5.39. The summed E-state index contributed by atoms with van der Waals surface area (Å²) in [7, 11) is -20.8. The predicted molar refractivity (Wildman–Crippen MR) is 308 cm³/mol. The number of phosphoric acid groups is 2. The van der Waals surface area contributed by atoms with Gasteiger partial charge >= 0.3 is 34.7 Å². The van der Waals surface area contributed by atoms with Gasteiger partial charge in [0.25, 0.3) is 15.6 Å². The molecule has 3 aliphatic rings. The molecule has 3 fully saturated rings. The largest absolute Gasteiger partial charge is 0.756 e. The number of para-hydroxylation sites is 1. The lowest BCUT2D eigenvalue weighted by Gasteiger charge is -2.45. The van der Waals surface area contributed by atoms with Gasteiger partial charge in [-0.1, -0.05) is 120 Å². The SMILES string of the molecule is CC(=O)OC1C(O)OC([C@H](C)COP(C)(=O)OCc2ccccc2)[C@@H](C)[C@@H]1C.CC(=O)OC1[C@@H](OP(C)(=O)Oc2ccccc2)OC([C@H](C)COP(C)(=O)OCc2ccccc2)[C@@H](C)[C@@H]1C.O=P([O-])(O)OC[C@@H](O)C1O[C@H](OP(=O)([O-])O)C(O)[C@@H](O)[C@@H]1O. The van der Waals surface area contributed by atoms with E-state index in [1.165, 1.54) is 33.8 Å². The Morgan fingerprint density at radius 1 is 0.511 bits per heavy atom. The summed E-state index contributed by atoms with van der Waals surface area (Å²) in [6.45, 7) is 18.0. The highest BCUT2D eigenvalue weighted by Gasteiger charge is 2.50. The van der Waals surface area contributed by atoms with Gasteiger partial charge < -0.3 is 95.9 Å². The monoisotopic (exact) mass is 1350 g/mol. The van der Waals surface area contributed by atoms with Gasteiger partial charge in [-0.05, 0) is 35.1 Å². The summed E-state index contributed by atoms with van der Waals surface area (Å²) in [4.78, 5) is 61.0. The Hall–Kier alpha value is -3.21. The zero-order chi connectivity index (χ0) is 66.1. The van der Waals surface area contributed by atoms with Crippen molar-refractivity contribution in [1.29, 1.82) is 0 Å². The Kier molecular flexibility index (Phi) is 30.4. The van der Waals surface area contributed by atoms with Crippen LogP contribution in [-0.4, -0.2) is 161 Å². The Balaban J connectivity index is 0.000000294. The van der Waals surface area contributed by atoms with Crippen molar-refractivity contribution in [2.75, 3.05) is 39.8 Å². The lowest BCUT2D eigenvalue weighted by atomic mass is 9.79. The Labute approximate surface area is 511 Å². The number of aliphatic hydroxyl groups excluding tert-OH is 5. The number of carbonyl (C=O) groups excluding carboxylic acids is 2. The summed E-state index contributed by atoms with van der Waals surface area (Å²) in [5.74, 6) is -1.34. The Bertz CT molecular complexity index is 2850. The van der Waals surface area contributed by atoms with Gasteiger partial charge in [0.2, 0.25) is 6.29 Å². The van der Waals surface area contributed by atoms with Gasteiger partial charge in [-0.15, -0.1) is 0 Å². The number of rotatable bonds is 26. The van der Waals surface area contributed by atoms with Crippen LogP contribution in [0.1, 0.15) is 66.5 Å². The Morgan fingerprint density at radius 2 is 0.932 bits per heavy atom. The normalized spacial score (nSPS) is 31.7. The zero-order valence-corrected chi connectivity index (χ0v) is 54.9. The molecule has 29 nitrogen and oxygen atoms in total. The first kappa shape index (κ1) is 77.2. The number of aliphatic hydroxyl groups is 5. The number of phosphoric ester groups is 2. The minimum absolute atomic E-state index is 0.00725. The summed E-state index contributed by atoms with van der Waals surface area (Å²) in [6, 6.07) is 27.6. The molecule has 0 spiro atoms. The number of carbonyl (C=O) groups is 2. The number of benzene rings is 3. The standard InChI is InChI=1S/C27H38O9P2.C20H31O7P.C7H16O13P2/c1-19(17-31-37(5,29)32-18-23-13-9-7-10-14-23)25-20(2)21(3)26(33-22(4)28)27(34-25)36-38(6,30)35-24-15-11-8-12-16-24;1-13(11-24-28(5,23)25-12-17-9-7-6-8-10-17)18-14(2)15(3)19(20(22)27-18)26-16(4)21;8-2(1-18-21(12,13)14)6-4(10)3(9)5(11)7(19-6)20-22(15,16)17/h7-16,19-21,25-27H,17-18H2,1-6H3;6-10,13-15,18-20,22H,11-12H2,1-5H3;2-11H,1H2,(H2,12,13,14)(H2,15,16,17)/p-2/t19-,20+,21+,25?,26?,27-,37?,38?;13-,14+,15+,18?,19?,20?,28?;2-,3+,4+,5?,6?,7-/m111/s1. The Morgan fingerprint density at radius 3 is 1.38 bits per heavy atom. The van der Waals surface area contributed by atoms with Crippen LogP contribution in [0.2, 0.25) is 0 Å². The van der Waals surface area contributed by atoms with E-state index in [1.807, 2.05) is 108 Å². The third-order valence-electron chi connectivity index (χ3n) is 14.3. The molecule has 12 unspecified atom stereocenters. The van der Waals surface area contributed by atoms with E-state index >= 15 is 0 Å². The molecule has 0 saturated carbocycles. The smallest absolute Gasteiger partial charge is 0.378 e. The van der Waals surface area contributed by atoms with Gasteiger partial charge in [0.1, 0.15) is 36.3 Å². The van der Waals surface area contributed by atoms with E-state index in [2.05, 4.69) is 13.8 Å². The molecule has 3 saturated heterocycles. The highest BCUT2D eigenvalue weighted by Crippen LogP contribution is 2.51. The number of hydrogen-bond donors (Lipinski definition) is 7. The highest BCUT2D eigenvalue weighted by atomic mass is 31.2. The third-order valence-corrected chi connectivity index (χ3v) is 18.8. The summed E-state index contributed by atoms with van der Waals surface area (Å²) in [5.41, 5.74) is 1.81. The quantitative estimate of drug-likeness (QED) is 0.0399. The maximum Gasteiger partial charge on any atom is 0.378 e. The number of hydrogen-bond acceptors (Lipinski definition) is 27. The van der Waals surface area contributed by atoms with E-state index in [-0.39, 0.29) is 68.0 Å². The van der Waals surface area contributed by atoms with Gasteiger partial charge in [0.15, 0.2) is 24.8 Å². The van der Waals surface area contributed by atoms with Crippen LogP contribution >= 0.6 is 38.4 Å². The first-order valence-corrected chi connectivity index (χ1v) is 36.7. The van der Waals surface area contributed by atoms with Crippen molar-refractivity contribution >= 4 is 50.4 Å². The molecule has 0 aromatic heterocycles. The number of ether oxygens (including phenoxy) is 5. The molecular formula is C54H83O29P5-2. The van der Waals surface area contributed by atoms with E-state index < -0.39 is 125 Å². The van der Waals surface area contributed by atoms with E-state index in [1.54, 1.807) is 24.3 Å². The fourth-order valence-electron chi connectivity index (χ4n) is 9.38. The first-order chi connectivity index (χ1) is 40.8. The van der Waals surface area contributed by atoms with E-state index in [0.29, 0.717) is 5.75 Å². The van der Waals surface area contributed by atoms with Gasteiger partial charge in [0, 0.05) is 50.8 Å². The van der Waals surface area contributed by atoms with Crippen LogP contribution in [0.4, 0.5) is 0 Å². The summed E-state index contributed by atoms with van der Waals surface area (Å²) in [6.07, 6.45) is -16.8. The van der Waals surface area contributed by atoms with E-state index in [0.717, 1.165) is 11.1 Å². The predicted octanol–water partition coefficient (Wildman–Crippen LogP) is 5.24. The molecule has 500 valence electrons. The van der Waals surface area contributed by atoms with Crippen LogP contribution in [0.25, 0.3) is 0 Å². The molecule has 3 heterocycles. The van der Waals surface area contributed by atoms with Crippen LogP contribution in [-0.2, 0) is 101 Å². The second-order valence-electron chi connectivity index (χ2n) is 21.8. The van der Waals surface area contributed by atoms with Gasteiger partial charge in [0.05, 0.1) is 51.9 Å². The second-order valence-corrected chi connectivity index (χ2v) is 30.2. The maximum atomic E-state index is 13.3. The average molecular weight is 1350 g/mol. The molecule has 23 atom stereocenters. The van der Waals surface area contributed by atoms with Crippen molar-refractivity contribution in [3.63, 3.8) is 0 Å². The molecule has 3 aromatic rings. The first-order valence-electron chi connectivity index (χ1n) is 27.7. The van der Waals surface area contributed by atoms with Crippen LogP contribution in [0.5, 0.6) is 5.75 Å². The van der Waals surface area contributed by atoms with Gasteiger partial charge in [-0.25, -0.2) is 4.57 Å². The van der Waals surface area contributed by atoms with Crippen molar-refractivity contribution in [2.24, 2.45) is 35.5 Å². The number of esters is 2. The van der Waals surface area contributed by atoms with Crippen molar-refractivity contribution in [3.8, 4) is 5.75 Å². The van der Waals surface area contributed by atoms with Crippen molar-refractivity contribution in [3.05, 3.63) is 102 Å². The molecule has 3 aliphatic heterocycles. The van der Waals surface area contributed by atoms with Crippen LogP contribution in [0, 0.1) is 35.5 Å². The second kappa shape index (κ2) is 34.6. The third kappa shape index (κ3) is 26.1. The van der Waals surface area contributed by atoms with E-state index in [9.17, 15) is 67.7 Å². The average Bonchev–Trinajstić information content (AvgIpc) is 1.05. The van der Waals surface area contributed by atoms with Crippen molar-refractivity contribution in [1.82, 2.24) is 0 Å². The van der Waals surface area contributed by atoms with Crippen molar-refractivity contribution in [2.45, 2.75) is 142 Å².